The lowest BCUT2D eigenvalue weighted by atomic mass is 10.0. The van der Waals surface area contributed by atoms with E-state index in [2.05, 4.69) is 4.98 Å². The largest absolute Gasteiger partial charge is 0.293 e. The quantitative estimate of drug-likeness (QED) is 0.787. The molecule has 0 aliphatic heterocycles. The molecule has 2 nitrogen and oxygen atoms in total. The molecule has 0 saturated heterocycles. The highest BCUT2D eigenvalue weighted by molar-refractivity contribution is 7.17. The summed E-state index contributed by atoms with van der Waals surface area (Å²) in [6, 6.07) is 4.82. The summed E-state index contributed by atoms with van der Waals surface area (Å²) in [6.45, 7) is 0. The summed E-state index contributed by atoms with van der Waals surface area (Å²) in [7, 11) is 0. The van der Waals surface area contributed by atoms with Crippen LogP contribution in [0.5, 0.6) is 0 Å². The van der Waals surface area contributed by atoms with Gasteiger partial charge in [0.15, 0.2) is 11.6 Å². The predicted molar refractivity (Wildman–Crippen MR) is 69.8 cm³/mol. The number of fused-ring (bicyclic) bond motifs is 1. The van der Waals surface area contributed by atoms with Crippen LogP contribution in [-0.2, 0) is 6.42 Å². The average molecular weight is 282 g/mol. The van der Waals surface area contributed by atoms with Gasteiger partial charge in [-0.15, -0.1) is 11.3 Å². The Hall–Kier alpha value is -1.26. The lowest BCUT2D eigenvalue weighted by Crippen LogP contribution is -2.07. The molecule has 1 aliphatic carbocycles. The first-order valence-corrected chi connectivity index (χ1v) is 6.83. The maximum atomic E-state index is 13.9. The number of ketones is 1. The number of hydrogen-bond donors (Lipinski definition) is 0. The molecule has 0 amide bonds. The fourth-order valence-corrected chi connectivity index (χ4v) is 3.33. The Morgan fingerprint density at radius 1 is 1.33 bits per heavy atom. The number of carbonyl (C=O) groups is 1. The third kappa shape index (κ3) is 1.85. The number of thiazole rings is 1. The van der Waals surface area contributed by atoms with Crippen LogP contribution >= 0.6 is 22.9 Å². The van der Waals surface area contributed by atoms with Gasteiger partial charge < -0.3 is 0 Å². The second kappa shape index (κ2) is 4.44. The van der Waals surface area contributed by atoms with E-state index < -0.39 is 5.82 Å². The van der Waals surface area contributed by atoms with E-state index in [0.29, 0.717) is 21.9 Å². The van der Waals surface area contributed by atoms with Crippen LogP contribution in [0.25, 0.3) is 10.6 Å². The van der Waals surface area contributed by atoms with Crippen molar-refractivity contribution in [2.45, 2.75) is 19.3 Å². The van der Waals surface area contributed by atoms with Crippen LogP contribution < -0.4 is 0 Å². The number of carbonyl (C=O) groups excluding carboxylic acids is 1. The maximum Gasteiger partial charge on any atom is 0.174 e. The monoisotopic (exact) mass is 281 g/mol. The zero-order valence-corrected chi connectivity index (χ0v) is 10.9. The molecule has 0 N–H and O–H groups in total. The highest BCUT2D eigenvalue weighted by Gasteiger charge is 2.23. The molecule has 18 heavy (non-hydrogen) atoms. The van der Waals surface area contributed by atoms with Gasteiger partial charge in [0.25, 0.3) is 0 Å². The molecule has 3 rings (SSSR count). The topological polar surface area (TPSA) is 30.0 Å². The molecule has 0 radical (unpaired) electrons. The third-order valence-electron chi connectivity index (χ3n) is 2.95. The molecule has 1 aromatic heterocycles. The van der Waals surface area contributed by atoms with Crippen LogP contribution in [0.1, 0.15) is 28.2 Å². The SMILES string of the molecule is O=C1CCCc2nc(-c3cccc(Cl)c3F)sc21. The van der Waals surface area contributed by atoms with Gasteiger partial charge in [0.1, 0.15) is 5.01 Å². The van der Waals surface area contributed by atoms with Gasteiger partial charge in [-0.2, -0.15) is 0 Å². The minimum Gasteiger partial charge on any atom is -0.293 e. The molecule has 0 spiro atoms. The van der Waals surface area contributed by atoms with Crippen LogP contribution in [0.3, 0.4) is 0 Å². The maximum absolute atomic E-state index is 13.9. The summed E-state index contributed by atoms with van der Waals surface area (Å²) in [5.74, 6) is -0.361. The smallest absolute Gasteiger partial charge is 0.174 e. The number of rotatable bonds is 1. The van der Waals surface area contributed by atoms with Gasteiger partial charge in [-0.05, 0) is 25.0 Å². The number of hydrogen-bond acceptors (Lipinski definition) is 3. The Morgan fingerprint density at radius 2 is 2.17 bits per heavy atom. The molecule has 1 aliphatic rings. The van der Waals surface area contributed by atoms with E-state index in [1.54, 1.807) is 12.1 Å². The molecule has 1 aromatic carbocycles. The van der Waals surface area contributed by atoms with E-state index in [4.69, 9.17) is 11.6 Å². The van der Waals surface area contributed by atoms with Crippen LogP contribution in [0.4, 0.5) is 4.39 Å². The van der Waals surface area contributed by atoms with Crippen molar-refractivity contribution >= 4 is 28.7 Å². The van der Waals surface area contributed by atoms with Gasteiger partial charge in [0, 0.05) is 12.0 Å². The highest BCUT2D eigenvalue weighted by Crippen LogP contribution is 2.35. The van der Waals surface area contributed by atoms with Crippen molar-refractivity contribution in [3.05, 3.63) is 39.6 Å². The lowest BCUT2D eigenvalue weighted by molar-refractivity contribution is 0.0976. The van der Waals surface area contributed by atoms with Gasteiger partial charge in [0.2, 0.25) is 0 Å². The second-order valence-corrected chi connectivity index (χ2v) is 5.58. The standard InChI is InChI=1S/C13H9ClFNOS/c14-8-4-1-3-7(11(8)15)13-16-9-5-2-6-10(17)12(9)18-13/h1,3-4H,2,5-6H2. The summed E-state index contributed by atoms with van der Waals surface area (Å²) < 4.78 is 13.9. The van der Waals surface area contributed by atoms with Crippen molar-refractivity contribution in [1.29, 1.82) is 0 Å². The van der Waals surface area contributed by atoms with Crippen molar-refractivity contribution in [2.24, 2.45) is 0 Å². The number of Topliss-reactive ketones (excluding diaryl/α,β-unsaturated/α-hetero) is 1. The molecule has 0 atom stereocenters. The van der Waals surface area contributed by atoms with Crippen molar-refractivity contribution in [2.75, 3.05) is 0 Å². The fraction of sp³-hybridized carbons (Fsp3) is 0.231. The van der Waals surface area contributed by atoms with Crippen LogP contribution in [0.15, 0.2) is 18.2 Å². The van der Waals surface area contributed by atoms with Gasteiger partial charge in [-0.1, -0.05) is 17.7 Å². The molecule has 0 unspecified atom stereocenters. The summed E-state index contributed by atoms with van der Waals surface area (Å²) in [4.78, 5) is 16.8. The normalized spacial score (nSPS) is 14.7. The Morgan fingerprint density at radius 3 is 2.94 bits per heavy atom. The highest BCUT2D eigenvalue weighted by atomic mass is 35.5. The van der Waals surface area contributed by atoms with Gasteiger partial charge in [-0.25, -0.2) is 9.37 Å². The van der Waals surface area contributed by atoms with Gasteiger partial charge >= 0.3 is 0 Å². The minimum absolute atomic E-state index is 0.0759. The first-order valence-electron chi connectivity index (χ1n) is 5.64. The lowest BCUT2D eigenvalue weighted by Gasteiger charge is -2.06. The Kier molecular flexibility index (Phi) is 2.92. The zero-order valence-electron chi connectivity index (χ0n) is 9.37. The molecule has 0 saturated carbocycles. The Labute approximate surface area is 112 Å². The third-order valence-corrected chi connectivity index (χ3v) is 4.41. The van der Waals surface area contributed by atoms with Gasteiger partial charge in [0.05, 0.1) is 15.6 Å². The van der Waals surface area contributed by atoms with E-state index in [-0.39, 0.29) is 10.8 Å². The van der Waals surface area contributed by atoms with E-state index in [0.717, 1.165) is 18.5 Å². The van der Waals surface area contributed by atoms with Crippen LogP contribution in [0, 0.1) is 5.82 Å². The average Bonchev–Trinajstić information content (AvgIpc) is 2.78. The van der Waals surface area contributed by atoms with E-state index in [9.17, 15) is 9.18 Å². The Balaban J connectivity index is 2.13. The van der Waals surface area contributed by atoms with E-state index in [1.165, 1.54) is 17.4 Å². The minimum atomic E-state index is -0.474. The summed E-state index contributed by atoms with van der Waals surface area (Å²) in [5.41, 5.74) is 1.17. The summed E-state index contributed by atoms with van der Waals surface area (Å²) in [6.07, 6.45) is 2.18. The first-order chi connectivity index (χ1) is 8.66. The van der Waals surface area contributed by atoms with E-state index in [1.807, 2.05) is 0 Å². The molecule has 0 bridgehead atoms. The molecule has 5 heteroatoms. The molecular formula is C13H9ClFNOS. The van der Waals surface area contributed by atoms with Crippen molar-refractivity contribution < 1.29 is 9.18 Å². The predicted octanol–water partition coefficient (Wildman–Crippen LogP) is 4.12. The molecule has 0 fully saturated rings. The van der Waals surface area contributed by atoms with Crippen molar-refractivity contribution in [3.8, 4) is 10.6 Å². The molecular weight excluding hydrogens is 273 g/mol. The van der Waals surface area contributed by atoms with E-state index >= 15 is 0 Å². The number of benzene rings is 1. The molecule has 1 heterocycles. The summed E-state index contributed by atoms with van der Waals surface area (Å²) in [5, 5.41) is 0.613. The summed E-state index contributed by atoms with van der Waals surface area (Å²) >= 11 is 7.01. The van der Waals surface area contributed by atoms with Crippen molar-refractivity contribution in [1.82, 2.24) is 4.98 Å². The number of nitrogens with zero attached hydrogens (tertiary/aromatic N) is 1. The molecule has 2 aromatic rings. The number of aromatic nitrogens is 1. The van der Waals surface area contributed by atoms with Crippen LogP contribution in [0.2, 0.25) is 5.02 Å². The zero-order chi connectivity index (χ0) is 12.7. The van der Waals surface area contributed by atoms with Crippen LogP contribution in [-0.4, -0.2) is 10.8 Å². The first kappa shape index (κ1) is 11.8. The van der Waals surface area contributed by atoms with Gasteiger partial charge in [-0.3, -0.25) is 4.79 Å². The molecule has 92 valence electrons. The number of aryl methyl sites for hydroxylation is 1. The fourth-order valence-electron chi connectivity index (χ4n) is 2.05. The second-order valence-electron chi connectivity index (χ2n) is 4.17. The Bertz CT molecular complexity index is 638. The number of halogens is 2. The van der Waals surface area contributed by atoms with Crippen molar-refractivity contribution in [3.63, 3.8) is 0 Å².